The molecular weight excluding hydrogens is 240 g/mol. The van der Waals surface area contributed by atoms with Crippen LogP contribution < -0.4 is 0 Å². The normalized spacial score (nSPS) is 14.4. The van der Waals surface area contributed by atoms with Crippen molar-refractivity contribution < 1.29 is 14.6 Å². The number of ether oxygens (including phenoxy) is 1. The predicted molar refractivity (Wildman–Crippen MR) is 79.0 cm³/mol. The van der Waals surface area contributed by atoms with Gasteiger partial charge in [-0.3, -0.25) is 4.79 Å². The van der Waals surface area contributed by atoms with Crippen LogP contribution in [0, 0.1) is 11.8 Å². The Balaban J connectivity index is 3.81. The standard InChI is InChI=1S/C16H32O3/c1-5-6-7-8-9-10-11-12-14(17)15(13(2)3)16(18)19-4/h13-15,17H,5-12H2,1-4H3. The Hall–Kier alpha value is -0.570. The highest BCUT2D eigenvalue weighted by Crippen LogP contribution is 2.21. The molecule has 0 heterocycles. The topological polar surface area (TPSA) is 46.5 Å². The number of unbranched alkanes of at least 4 members (excludes halogenated alkanes) is 6. The van der Waals surface area contributed by atoms with Crippen molar-refractivity contribution in [2.45, 2.75) is 78.2 Å². The Kier molecular flexibility index (Phi) is 10.9. The van der Waals surface area contributed by atoms with Crippen molar-refractivity contribution in [3.05, 3.63) is 0 Å². The van der Waals surface area contributed by atoms with Crippen molar-refractivity contribution in [2.75, 3.05) is 7.11 Å². The molecule has 114 valence electrons. The third-order valence-electron chi connectivity index (χ3n) is 3.71. The number of carbonyl (C=O) groups excluding carboxylic acids is 1. The van der Waals surface area contributed by atoms with Crippen LogP contribution >= 0.6 is 0 Å². The number of aliphatic hydroxyl groups is 1. The van der Waals surface area contributed by atoms with Crippen LogP contribution in [0.2, 0.25) is 0 Å². The molecule has 0 fully saturated rings. The smallest absolute Gasteiger partial charge is 0.311 e. The summed E-state index contributed by atoms with van der Waals surface area (Å²) in [5.74, 6) is -0.553. The predicted octanol–water partition coefficient (Wildman–Crippen LogP) is 3.93. The van der Waals surface area contributed by atoms with E-state index in [0.717, 1.165) is 12.8 Å². The minimum atomic E-state index is -0.567. The van der Waals surface area contributed by atoms with Gasteiger partial charge in [0.05, 0.1) is 19.1 Å². The van der Waals surface area contributed by atoms with Gasteiger partial charge in [-0.05, 0) is 12.3 Å². The highest BCUT2D eigenvalue weighted by atomic mass is 16.5. The van der Waals surface area contributed by atoms with Crippen LogP contribution in [-0.2, 0) is 9.53 Å². The molecule has 0 aromatic heterocycles. The van der Waals surface area contributed by atoms with Gasteiger partial charge in [0.15, 0.2) is 0 Å². The number of methoxy groups -OCH3 is 1. The Morgan fingerprint density at radius 1 is 1.05 bits per heavy atom. The van der Waals surface area contributed by atoms with Crippen LogP contribution in [-0.4, -0.2) is 24.3 Å². The average Bonchev–Trinajstić information content (AvgIpc) is 2.37. The molecule has 1 N–H and O–H groups in total. The quantitative estimate of drug-likeness (QED) is 0.458. The molecule has 0 aliphatic carbocycles. The molecule has 0 saturated heterocycles. The van der Waals surface area contributed by atoms with Gasteiger partial charge in [-0.15, -0.1) is 0 Å². The lowest BCUT2D eigenvalue weighted by atomic mass is 9.87. The lowest BCUT2D eigenvalue weighted by Crippen LogP contribution is -2.33. The van der Waals surface area contributed by atoms with Gasteiger partial charge in [-0.25, -0.2) is 0 Å². The minimum absolute atomic E-state index is 0.118. The highest BCUT2D eigenvalue weighted by molar-refractivity contribution is 5.73. The molecule has 3 nitrogen and oxygen atoms in total. The van der Waals surface area contributed by atoms with Crippen molar-refractivity contribution in [3.63, 3.8) is 0 Å². The molecule has 19 heavy (non-hydrogen) atoms. The summed E-state index contributed by atoms with van der Waals surface area (Å²) < 4.78 is 4.77. The zero-order valence-electron chi connectivity index (χ0n) is 13.2. The second kappa shape index (κ2) is 11.3. The molecule has 0 aliphatic rings. The monoisotopic (exact) mass is 272 g/mol. The van der Waals surface area contributed by atoms with E-state index in [4.69, 9.17) is 4.74 Å². The van der Waals surface area contributed by atoms with E-state index in [-0.39, 0.29) is 17.8 Å². The zero-order valence-corrected chi connectivity index (χ0v) is 13.2. The molecular formula is C16H32O3. The van der Waals surface area contributed by atoms with E-state index < -0.39 is 6.10 Å². The Bertz CT molecular complexity index is 226. The third-order valence-corrected chi connectivity index (χ3v) is 3.71. The first kappa shape index (κ1) is 18.4. The van der Waals surface area contributed by atoms with E-state index in [1.54, 1.807) is 0 Å². The van der Waals surface area contributed by atoms with E-state index in [1.807, 2.05) is 13.8 Å². The molecule has 0 aliphatic heterocycles. The van der Waals surface area contributed by atoms with Crippen LogP contribution in [0.1, 0.15) is 72.1 Å². The van der Waals surface area contributed by atoms with Crippen LogP contribution in [0.3, 0.4) is 0 Å². The molecule has 0 radical (unpaired) electrons. The van der Waals surface area contributed by atoms with E-state index in [1.165, 1.54) is 39.2 Å². The van der Waals surface area contributed by atoms with E-state index in [0.29, 0.717) is 6.42 Å². The SMILES string of the molecule is CCCCCCCCCC(O)C(C(=O)OC)C(C)C. The Labute approximate surface area is 118 Å². The first-order chi connectivity index (χ1) is 9.04. The third kappa shape index (κ3) is 8.25. The van der Waals surface area contributed by atoms with Gasteiger partial charge < -0.3 is 9.84 Å². The molecule has 0 amide bonds. The van der Waals surface area contributed by atoms with Gasteiger partial charge >= 0.3 is 5.97 Å². The van der Waals surface area contributed by atoms with Crippen molar-refractivity contribution in [1.82, 2.24) is 0 Å². The molecule has 0 rings (SSSR count). The summed E-state index contributed by atoms with van der Waals surface area (Å²) in [6.45, 7) is 6.13. The second-order valence-electron chi connectivity index (χ2n) is 5.77. The number of aliphatic hydroxyl groups excluding tert-OH is 1. The summed E-state index contributed by atoms with van der Waals surface area (Å²) in [7, 11) is 1.39. The van der Waals surface area contributed by atoms with Crippen LogP contribution in [0.25, 0.3) is 0 Å². The summed E-state index contributed by atoms with van der Waals surface area (Å²) in [5, 5.41) is 10.1. The number of hydrogen-bond donors (Lipinski definition) is 1. The maximum atomic E-state index is 11.6. The molecule has 0 spiro atoms. The molecule has 0 aromatic rings. The molecule has 2 atom stereocenters. The Morgan fingerprint density at radius 3 is 2.05 bits per heavy atom. The molecule has 3 heteroatoms. The van der Waals surface area contributed by atoms with E-state index in [9.17, 15) is 9.90 Å². The lowest BCUT2D eigenvalue weighted by Gasteiger charge is -2.23. The average molecular weight is 272 g/mol. The van der Waals surface area contributed by atoms with Gasteiger partial charge in [0.25, 0.3) is 0 Å². The second-order valence-corrected chi connectivity index (χ2v) is 5.77. The number of hydrogen-bond acceptors (Lipinski definition) is 3. The summed E-state index contributed by atoms with van der Waals surface area (Å²) in [6.07, 6.45) is 8.70. The van der Waals surface area contributed by atoms with Gasteiger partial charge in [-0.1, -0.05) is 65.7 Å². The molecule has 0 aromatic carbocycles. The van der Waals surface area contributed by atoms with Gasteiger partial charge in [0.2, 0.25) is 0 Å². The minimum Gasteiger partial charge on any atom is -0.469 e. The van der Waals surface area contributed by atoms with Crippen molar-refractivity contribution >= 4 is 5.97 Å². The van der Waals surface area contributed by atoms with Crippen LogP contribution in [0.4, 0.5) is 0 Å². The maximum Gasteiger partial charge on any atom is 0.311 e. The fourth-order valence-corrected chi connectivity index (χ4v) is 2.50. The van der Waals surface area contributed by atoms with E-state index in [2.05, 4.69) is 6.92 Å². The summed E-state index contributed by atoms with van der Waals surface area (Å²) in [6, 6.07) is 0. The van der Waals surface area contributed by atoms with Gasteiger partial charge in [-0.2, -0.15) is 0 Å². The van der Waals surface area contributed by atoms with Gasteiger partial charge in [0, 0.05) is 0 Å². The summed E-state index contributed by atoms with van der Waals surface area (Å²) in [5.41, 5.74) is 0. The van der Waals surface area contributed by atoms with Gasteiger partial charge in [0.1, 0.15) is 0 Å². The summed E-state index contributed by atoms with van der Waals surface area (Å²) >= 11 is 0. The number of esters is 1. The highest BCUT2D eigenvalue weighted by Gasteiger charge is 2.30. The largest absolute Gasteiger partial charge is 0.469 e. The first-order valence-corrected chi connectivity index (χ1v) is 7.80. The number of rotatable bonds is 11. The zero-order chi connectivity index (χ0) is 14.7. The summed E-state index contributed by atoms with van der Waals surface area (Å²) in [4.78, 5) is 11.6. The fourth-order valence-electron chi connectivity index (χ4n) is 2.50. The first-order valence-electron chi connectivity index (χ1n) is 7.80. The fraction of sp³-hybridized carbons (Fsp3) is 0.938. The Morgan fingerprint density at radius 2 is 1.58 bits per heavy atom. The van der Waals surface area contributed by atoms with Crippen molar-refractivity contribution in [2.24, 2.45) is 11.8 Å². The van der Waals surface area contributed by atoms with Crippen LogP contribution in [0.15, 0.2) is 0 Å². The van der Waals surface area contributed by atoms with E-state index >= 15 is 0 Å². The molecule has 0 saturated carbocycles. The lowest BCUT2D eigenvalue weighted by molar-refractivity contribution is -0.151. The maximum absolute atomic E-state index is 11.6. The molecule has 0 bridgehead atoms. The molecule has 2 unspecified atom stereocenters. The van der Waals surface area contributed by atoms with Crippen molar-refractivity contribution in [3.8, 4) is 0 Å². The van der Waals surface area contributed by atoms with Crippen molar-refractivity contribution in [1.29, 1.82) is 0 Å². The van der Waals surface area contributed by atoms with Crippen LogP contribution in [0.5, 0.6) is 0 Å². The number of carbonyl (C=O) groups is 1.